The molecule has 1 N–H and O–H groups in total. The maximum atomic E-state index is 12.9. The molecule has 0 fully saturated rings. The van der Waals surface area contributed by atoms with Crippen LogP contribution in [0.3, 0.4) is 0 Å². The highest BCUT2D eigenvalue weighted by Gasteiger charge is 2.14. The van der Waals surface area contributed by atoms with Crippen LogP contribution in [0.5, 0.6) is 0 Å². The van der Waals surface area contributed by atoms with E-state index >= 15 is 0 Å². The molecule has 0 aromatic carbocycles. The number of aromatic nitrogens is 1. The van der Waals surface area contributed by atoms with Gasteiger partial charge in [-0.1, -0.05) is 0 Å². The highest BCUT2D eigenvalue weighted by molar-refractivity contribution is 5.94. The van der Waals surface area contributed by atoms with Gasteiger partial charge in [-0.3, -0.25) is 4.79 Å². The zero-order valence-electron chi connectivity index (χ0n) is 10.1. The van der Waals surface area contributed by atoms with Gasteiger partial charge in [0.25, 0.3) is 5.91 Å². The van der Waals surface area contributed by atoms with Crippen molar-refractivity contribution in [3.8, 4) is 0 Å². The molecule has 5 heteroatoms. The van der Waals surface area contributed by atoms with Crippen LogP contribution in [-0.4, -0.2) is 10.9 Å². The highest BCUT2D eigenvalue weighted by Crippen LogP contribution is 2.16. The first-order valence-electron chi connectivity index (χ1n) is 5.55. The number of hydrogen-bond donors (Lipinski definition) is 1. The summed E-state index contributed by atoms with van der Waals surface area (Å²) in [6, 6.07) is 5.90. The molecule has 1 unspecified atom stereocenters. The second-order valence-electron chi connectivity index (χ2n) is 4.01. The molecule has 1 atom stereocenters. The lowest BCUT2D eigenvalue weighted by molar-refractivity contribution is 0.0934. The lowest BCUT2D eigenvalue weighted by atomic mass is 10.2. The number of amides is 1. The highest BCUT2D eigenvalue weighted by atomic mass is 19.1. The first-order chi connectivity index (χ1) is 8.56. The molecule has 0 radical (unpaired) electrons. The summed E-state index contributed by atoms with van der Waals surface area (Å²) < 4.78 is 18.3. The summed E-state index contributed by atoms with van der Waals surface area (Å²) in [7, 11) is 0. The molecule has 0 aliphatic heterocycles. The summed E-state index contributed by atoms with van der Waals surface area (Å²) in [6.07, 6.45) is 1.26. The zero-order valence-corrected chi connectivity index (χ0v) is 10.1. The maximum absolute atomic E-state index is 12.9. The van der Waals surface area contributed by atoms with Crippen LogP contribution in [0.15, 0.2) is 34.9 Å². The quantitative estimate of drug-likeness (QED) is 0.849. The van der Waals surface area contributed by atoms with Gasteiger partial charge in [0, 0.05) is 17.8 Å². The van der Waals surface area contributed by atoms with E-state index < -0.39 is 5.95 Å². The van der Waals surface area contributed by atoms with Gasteiger partial charge in [0.1, 0.15) is 11.5 Å². The SMILES string of the molecule is Cc1ccc(C(C)NC(=O)c2ccnc(F)c2)o1. The first-order valence-corrected chi connectivity index (χ1v) is 5.55. The van der Waals surface area contributed by atoms with Gasteiger partial charge in [-0.05, 0) is 32.0 Å². The topological polar surface area (TPSA) is 55.1 Å². The third-order valence-corrected chi connectivity index (χ3v) is 2.52. The van der Waals surface area contributed by atoms with Gasteiger partial charge in [-0.25, -0.2) is 4.98 Å². The first kappa shape index (κ1) is 12.3. The molecular weight excluding hydrogens is 235 g/mol. The van der Waals surface area contributed by atoms with E-state index in [-0.39, 0.29) is 17.5 Å². The average Bonchev–Trinajstić information content (AvgIpc) is 2.76. The summed E-state index contributed by atoms with van der Waals surface area (Å²) in [4.78, 5) is 15.2. The Morgan fingerprint density at radius 3 is 2.83 bits per heavy atom. The number of hydrogen-bond acceptors (Lipinski definition) is 3. The molecule has 18 heavy (non-hydrogen) atoms. The fraction of sp³-hybridized carbons (Fsp3) is 0.231. The van der Waals surface area contributed by atoms with Crippen molar-refractivity contribution in [3.63, 3.8) is 0 Å². The fourth-order valence-electron chi connectivity index (χ4n) is 1.58. The van der Waals surface area contributed by atoms with Crippen LogP contribution < -0.4 is 5.32 Å². The van der Waals surface area contributed by atoms with Gasteiger partial charge < -0.3 is 9.73 Å². The van der Waals surface area contributed by atoms with E-state index in [4.69, 9.17) is 4.42 Å². The Bertz CT molecular complexity index is 566. The number of pyridine rings is 1. The molecule has 0 saturated carbocycles. The van der Waals surface area contributed by atoms with Crippen LogP contribution in [-0.2, 0) is 0 Å². The van der Waals surface area contributed by atoms with Crippen molar-refractivity contribution in [2.45, 2.75) is 19.9 Å². The van der Waals surface area contributed by atoms with Crippen molar-refractivity contribution in [2.24, 2.45) is 0 Å². The molecule has 4 nitrogen and oxygen atoms in total. The molecule has 2 aromatic heterocycles. The Hall–Kier alpha value is -2.17. The van der Waals surface area contributed by atoms with Crippen LogP contribution in [0.2, 0.25) is 0 Å². The maximum Gasteiger partial charge on any atom is 0.252 e. The fourth-order valence-corrected chi connectivity index (χ4v) is 1.58. The molecule has 94 valence electrons. The van der Waals surface area contributed by atoms with Gasteiger partial charge in [0.2, 0.25) is 5.95 Å². The molecule has 0 saturated heterocycles. The number of nitrogens with zero attached hydrogens (tertiary/aromatic N) is 1. The minimum atomic E-state index is -0.677. The minimum Gasteiger partial charge on any atom is -0.464 e. The smallest absolute Gasteiger partial charge is 0.252 e. The van der Waals surface area contributed by atoms with Crippen LogP contribution in [0.25, 0.3) is 0 Å². The van der Waals surface area contributed by atoms with Gasteiger partial charge in [-0.15, -0.1) is 0 Å². The van der Waals surface area contributed by atoms with Crippen LogP contribution in [0.4, 0.5) is 4.39 Å². The molecule has 0 aliphatic rings. The summed E-state index contributed by atoms with van der Waals surface area (Å²) >= 11 is 0. The van der Waals surface area contributed by atoms with Gasteiger partial charge in [0.15, 0.2) is 0 Å². The normalized spacial score (nSPS) is 12.2. The lowest BCUT2D eigenvalue weighted by Gasteiger charge is -2.11. The molecule has 2 aromatic rings. The van der Waals surface area contributed by atoms with E-state index in [0.717, 1.165) is 11.8 Å². The monoisotopic (exact) mass is 248 g/mol. The van der Waals surface area contributed by atoms with Gasteiger partial charge >= 0.3 is 0 Å². The van der Waals surface area contributed by atoms with Gasteiger partial charge in [-0.2, -0.15) is 4.39 Å². The third kappa shape index (κ3) is 2.74. The molecule has 0 bridgehead atoms. The number of furan rings is 1. The van der Waals surface area contributed by atoms with Crippen molar-refractivity contribution in [2.75, 3.05) is 0 Å². The van der Waals surface area contributed by atoms with Crippen molar-refractivity contribution >= 4 is 5.91 Å². The molecule has 2 rings (SSSR count). The van der Waals surface area contributed by atoms with Crippen molar-refractivity contribution < 1.29 is 13.6 Å². The molecule has 2 heterocycles. The summed E-state index contributed by atoms with van der Waals surface area (Å²) in [5.41, 5.74) is 0.234. The number of aryl methyl sites for hydroxylation is 1. The molecule has 1 amide bonds. The standard InChI is InChI=1S/C13H13FN2O2/c1-8-3-4-11(18-8)9(2)16-13(17)10-5-6-15-12(14)7-10/h3-7,9H,1-2H3,(H,16,17). The van der Waals surface area contributed by atoms with Crippen LogP contribution in [0.1, 0.15) is 34.8 Å². The van der Waals surface area contributed by atoms with Crippen LogP contribution in [0, 0.1) is 12.9 Å². The van der Waals surface area contributed by atoms with E-state index in [1.54, 1.807) is 13.0 Å². The second kappa shape index (κ2) is 5.00. The number of halogens is 1. The second-order valence-corrected chi connectivity index (χ2v) is 4.01. The molecule has 0 aliphatic carbocycles. The summed E-state index contributed by atoms with van der Waals surface area (Å²) in [5.74, 6) is 0.401. The Balaban J connectivity index is 2.08. The number of carbonyl (C=O) groups excluding carboxylic acids is 1. The number of rotatable bonds is 3. The van der Waals surface area contributed by atoms with E-state index in [0.29, 0.717) is 5.76 Å². The Labute approximate surface area is 104 Å². The molecule has 0 spiro atoms. The average molecular weight is 248 g/mol. The lowest BCUT2D eigenvalue weighted by Crippen LogP contribution is -2.26. The zero-order chi connectivity index (χ0) is 13.1. The van der Waals surface area contributed by atoms with Crippen molar-refractivity contribution in [1.29, 1.82) is 0 Å². The molecular formula is C13H13FN2O2. The Morgan fingerprint density at radius 2 is 2.22 bits per heavy atom. The third-order valence-electron chi connectivity index (χ3n) is 2.52. The summed E-state index contributed by atoms with van der Waals surface area (Å²) in [6.45, 7) is 3.63. The van der Waals surface area contributed by atoms with E-state index in [1.807, 2.05) is 13.0 Å². The van der Waals surface area contributed by atoms with E-state index in [9.17, 15) is 9.18 Å². The number of nitrogens with one attached hydrogen (secondary N) is 1. The Morgan fingerprint density at radius 1 is 1.44 bits per heavy atom. The van der Waals surface area contributed by atoms with E-state index in [1.165, 1.54) is 12.3 Å². The Kier molecular flexibility index (Phi) is 3.41. The van der Waals surface area contributed by atoms with Crippen molar-refractivity contribution in [3.05, 3.63) is 53.5 Å². The van der Waals surface area contributed by atoms with Crippen LogP contribution >= 0.6 is 0 Å². The summed E-state index contributed by atoms with van der Waals surface area (Å²) in [5, 5.41) is 2.73. The van der Waals surface area contributed by atoms with Gasteiger partial charge in [0.05, 0.1) is 6.04 Å². The van der Waals surface area contributed by atoms with Crippen molar-refractivity contribution in [1.82, 2.24) is 10.3 Å². The number of carbonyl (C=O) groups is 1. The minimum absolute atomic E-state index is 0.234. The predicted octanol–water partition coefficient (Wildman–Crippen LogP) is 2.61. The largest absolute Gasteiger partial charge is 0.464 e. The predicted molar refractivity (Wildman–Crippen MR) is 63.5 cm³/mol. The van der Waals surface area contributed by atoms with E-state index in [2.05, 4.69) is 10.3 Å².